The van der Waals surface area contributed by atoms with Gasteiger partial charge in [0.15, 0.2) is 17.8 Å². The molecular formula is C30H41ClN6O14P2. The number of hydrogen-bond donors (Lipinski definition) is 7. The molecule has 292 valence electrons. The van der Waals surface area contributed by atoms with Crippen LogP contribution >= 0.6 is 26.8 Å². The van der Waals surface area contributed by atoms with Crippen molar-refractivity contribution >= 4 is 49.6 Å². The third-order valence-corrected chi connectivity index (χ3v) is 10.9. The fourth-order valence-electron chi connectivity index (χ4n) is 4.89. The average molecular weight is 807 g/mol. The van der Waals surface area contributed by atoms with Crippen LogP contribution in [0, 0.1) is 12.3 Å². The first-order valence-electron chi connectivity index (χ1n) is 16.1. The van der Waals surface area contributed by atoms with Gasteiger partial charge in [-0.1, -0.05) is 18.1 Å². The highest BCUT2D eigenvalue weighted by Crippen LogP contribution is 2.55. The molecule has 1 aliphatic rings. The SMILES string of the molecule is C#CCOCCOCCOCCOCCNC(=O)c1cccc(CNc2nc(Cl)nc3c2cnn3[C@@H]2O[C@H](COP(=O)(O)CP(=O)(O)O)[C@@H](O)[C@H]2O)c1. The molecule has 1 amide bonds. The molecule has 1 saturated heterocycles. The lowest BCUT2D eigenvalue weighted by Crippen LogP contribution is -2.33. The van der Waals surface area contributed by atoms with Gasteiger partial charge in [-0.3, -0.25) is 13.9 Å². The molecule has 4 rings (SSSR count). The third-order valence-electron chi connectivity index (χ3n) is 7.29. The number of nitrogens with one attached hydrogen (secondary N) is 2. The molecule has 1 unspecified atom stereocenters. The highest BCUT2D eigenvalue weighted by Gasteiger charge is 2.46. The fourth-order valence-corrected chi connectivity index (χ4v) is 7.62. The molecule has 1 aliphatic heterocycles. The van der Waals surface area contributed by atoms with Crippen molar-refractivity contribution in [3.8, 4) is 12.3 Å². The molecule has 3 aromatic rings. The predicted octanol–water partition coefficient (Wildman–Crippen LogP) is 0.478. The van der Waals surface area contributed by atoms with E-state index in [-0.39, 0.29) is 49.0 Å². The standard InChI is InChI=1S/C30H41ClN6O14P2/c1-2-7-46-9-11-48-13-14-49-12-10-47-8-6-32-28(40)21-5-3-4-20(15-21)16-33-26-22-17-34-37(27(22)36-30(31)35-26)29-25(39)24(38)23(51-29)18-50-53(44,45)19-52(41,42)43/h1,3-5,15,17,23-25,29,38-39H,6-14,16,18-19H2,(H,32,40)(H,44,45)(H,33,35,36)(H2,41,42,43)/t23-,24-,25-,29-/m1/s1. The van der Waals surface area contributed by atoms with E-state index in [2.05, 4.69) is 31.6 Å². The lowest BCUT2D eigenvalue weighted by atomic mass is 10.1. The van der Waals surface area contributed by atoms with E-state index in [9.17, 15) is 29.0 Å². The summed E-state index contributed by atoms with van der Waals surface area (Å²) in [5.41, 5.74) is 1.25. The summed E-state index contributed by atoms with van der Waals surface area (Å²) in [5.74, 6) is 0.899. The number of aliphatic hydroxyl groups is 2. The maximum atomic E-state index is 12.7. The van der Waals surface area contributed by atoms with Gasteiger partial charge in [0.2, 0.25) is 5.28 Å². The zero-order chi connectivity index (χ0) is 38.4. The molecule has 1 aromatic carbocycles. The predicted molar refractivity (Wildman–Crippen MR) is 187 cm³/mol. The summed E-state index contributed by atoms with van der Waals surface area (Å²) in [7, 11) is -9.63. The molecule has 23 heteroatoms. The topological polar surface area (TPSA) is 275 Å². The van der Waals surface area contributed by atoms with Crippen molar-refractivity contribution in [1.82, 2.24) is 25.1 Å². The summed E-state index contributed by atoms with van der Waals surface area (Å²) in [6.07, 6.45) is 0.490. The Morgan fingerprint density at radius 3 is 2.36 bits per heavy atom. The second-order valence-corrected chi connectivity index (χ2v) is 15.7. The number of ether oxygens (including phenoxy) is 5. The van der Waals surface area contributed by atoms with Crippen LogP contribution in [0.2, 0.25) is 5.28 Å². The molecule has 0 bridgehead atoms. The molecule has 5 atom stereocenters. The molecular weight excluding hydrogens is 766 g/mol. The first kappa shape index (κ1) is 42.6. The summed E-state index contributed by atoms with van der Waals surface area (Å²) in [5, 5.41) is 31.5. The molecule has 0 saturated carbocycles. The van der Waals surface area contributed by atoms with E-state index in [0.717, 1.165) is 10.2 Å². The Hall–Kier alpha value is -3.09. The van der Waals surface area contributed by atoms with Crippen LogP contribution in [-0.4, -0.2) is 141 Å². The average Bonchev–Trinajstić information content (AvgIpc) is 3.64. The minimum atomic E-state index is -4.88. The quantitative estimate of drug-likeness (QED) is 0.0297. The number of rotatable bonds is 23. The van der Waals surface area contributed by atoms with E-state index in [4.69, 9.17) is 56.0 Å². The van der Waals surface area contributed by atoms with E-state index in [1.807, 2.05) is 0 Å². The monoisotopic (exact) mass is 806 g/mol. The number of carbonyl (C=O) groups is 1. The summed E-state index contributed by atoms with van der Waals surface area (Å²) >= 11 is 6.20. The molecule has 0 aliphatic carbocycles. The number of carbonyl (C=O) groups excluding carboxylic acids is 1. The zero-order valence-electron chi connectivity index (χ0n) is 28.2. The maximum absolute atomic E-state index is 12.7. The molecule has 2 aromatic heterocycles. The van der Waals surface area contributed by atoms with Crippen LogP contribution in [0.3, 0.4) is 0 Å². The largest absolute Gasteiger partial charge is 0.387 e. The summed E-state index contributed by atoms with van der Waals surface area (Å²) in [4.78, 5) is 48.9. The Labute approximate surface area is 308 Å². The van der Waals surface area contributed by atoms with E-state index in [1.165, 1.54) is 6.20 Å². The Morgan fingerprint density at radius 1 is 1.00 bits per heavy atom. The minimum absolute atomic E-state index is 0.106. The number of nitrogens with zero attached hydrogens (tertiary/aromatic N) is 4. The summed E-state index contributed by atoms with van der Waals surface area (Å²) in [6.45, 7) is 2.68. The highest BCUT2D eigenvalue weighted by atomic mass is 35.5. The van der Waals surface area contributed by atoms with Crippen molar-refractivity contribution < 1.29 is 67.0 Å². The Bertz CT molecular complexity index is 1790. The smallest absolute Gasteiger partial charge is 0.340 e. The Kier molecular flexibility index (Phi) is 16.5. The van der Waals surface area contributed by atoms with E-state index in [0.29, 0.717) is 50.6 Å². The third kappa shape index (κ3) is 13.6. The van der Waals surface area contributed by atoms with Gasteiger partial charge in [-0.2, -0.15) is 15.1 Å². The van der Waals surface area contributed by atoms with Crippen LogP contribution in [0.15, 0.2) is 30.5 Å². The maximum Gasteiger partial charge on any atom is 0.340 e. The van der Waals surface area contributed by atoms with Crippen molar-refractivity contribution in [3.05, 3.63) is 46.9 Å². The van der Waals surface area contributed by atoms with Gasteiger partial charge in [0.05, 0.1) is 64.4 Å². The van der Waals surface area contributed by atoms with Crippen LogP contribution in [0.1, 0.15) is 22.1 Å². The van der Waals surface area contributed by atoms with E-state index < -0.39 is 52.2 Å². The van der Waals surface area contributed by atoms with Gasteiger partial charge in [-0.05, 0) is 29.3 Å². The van der Waals surface area contributed by atoms with Crippen LogP contribution < -0.4 is 10.6 Å². The summed E-state index contributed by atoms with van der Waals surface area (Å²) < 4.78 is 56.0. The number of halogens is 1. The van der Waals surface area contributed by atoms with E-state index in [1.54, 1.807) is 24.3 Å². The lowest BCUT2D eigenvalue weighted by Gasteiger charge is -2.18. The van der Waals surface area contributed by atoms with Gasteiger partial charge >= 0.3 is 15.2 Å². The fraction of sp³-hybridized carbons (Fsp3) is 0.533. The number of terminal acetylenes is 1. The number of hydrogen-bond acceptors (Lipinski definition) is 15. The van der Waals surface area contributed by atoms with Crippen LogP contribution in [-0.2, 0) is 43.9 Å². The molecule has 0 radical (unpaired) electrons. The molecule has 7 N–H and O–H groups in total. The number of benzene rings is 1. The van der Waals surface area contributed by atoms with Crippen molar-refractivity contribution in [2.75, 3.05) is 77.2 Å². The van der Waals surface area contributed by atoms with Crippen LogP contribution in [0.25, 0.3) is 11.0 Å². The number of aliphatic hydroxyl groups excluding tert-OH is 2. The first-order chi connectivity index (χ1) is 25.3. The number of amides is 1. The summed E-state index contributed by atoms with van der Waals surface area (Å²) in [6, 6.07) is 6.88. The van der Waals surface area contributed by atoms with E-state index >= 15 is 0 Å². The Morgan fingerprint density at radius 2 is 1.68 bits per heavy atom. The minimum Gasteiger partial charge on any atom is -0.387 e. The lowest BCUT2D eigenvalue weighted by molar-refractivity contribution is -0.0541. The van der Waals surface area contributed by atoms with Crippen molar-refractivity contribution in [2.45, 2.75) is 31.1 Å². The highest BCUT2D eigenvalue weighted by molar-refractivity contribution is 7.70. The van der Waals surface area contributed by atoms with Crippen molar-refractivity contribution in [3.63, 3.8) is 0 Å². The van der Waals surface area contributed by atoms with Crippen LogP contribution in [0.5, 0.6) is 0 Å². The number of anilines is 1. The first-order valence-corrected chi connectivity index (χ1v) is 20.0. The van der Waals surface area contributed by atoms with Gasteiger partial charge in [-0.25, -0.2) is 4.68 Å². The van der Waals surface area contributed by atoms with Crippen molar-refractivity contribution in [2.24, 2.45) is 0 Å². The molecule has 20 nitrogen and oxygen atoms in total. The number of aromatic nitrogens is 4. The normalized spacial score (nSPS) is 19.9. The second-order valence-electron chi connectivity index (χ2n) is 11.4. The molecule has 53 heavy (non-hydrogen) atoms. The van der Waals surface area contributed by atoms with Gasteiger partial charge < -0.3 is 63.7 Å². The molecule has 1 fully saturated rings. The van der Waals surface area contributed by atoms with Crippen LogP contribution in [0.4, 0.5) is 5.82 Å². The van der Waals surface area contributed by atoms with Crippen molar-refractivity contribution in [1.29, 1.82) is 0 Å². The zero-order valence-corrected chi connectivity index (χ0v) is 30.8. The molecule has 3 heterocycles. The number of fused-ring (bicyclic) bond motifs is 1. The Balaban J connectivity index is 1.24. The van der Waals surface area contributed by atoms with Gasteiger partial charge in [0.25, 0.3) is 5.91 Å². The van der Waals surface area contributed by atoms with Gasteiger partial charge in [0.1, 0.15) is 30.7 Å². The van der Waals surface area contributed by atoms with Gasteiger partial charge in [-0.15, -0.1) is 6.42 Å². The van der Waals surface area contributed by atoms with Gasteiger partial charge in [0, 0.05) is 18.7 Å². The molecule has 0 spiro atoms. The second kappa shape index (κ2) is 20.6.